The highest BCUT2D eigenvalue weighted by molar-refractivity contribution is 7.80. The van der Waals surface area contributed by atoms with E-state index in [9.17, 15) is 0 Å². The van der Waals surface area contributed by atoms with Gasteiger partial charge in [0.2, 0.25) is 0 Å². The second-order valence-corrected chi connectivity index (χ2v) is 8.88. The van der Waals surface area contributed by atoms with Crippen molar-refractivity contribution in [2.45, 2.75) is 50.6 Å². The predicted molar refractivity (Wildman–Crippen MR) is 111 cm³/mol. The molecule has 2 unspecified atom stereocenters. The summed E-state index contributed by atoms with van der Waals surface area (Å²) in [6, 6.07) is 11.7. The van der Waals surface area contributed by atoms with E-state index in [0.717, 1.165) is 35.2 Å². The Balaban J connectivity index is 1.39. The van der Waals surface area contributed by atoms with E-state index in [0.29, 0.717) is 6.04 Å². The molecule has 138 valence electrons. The van der Waals surface area contributed by atoms with Gasteiger partial charge in [0.25, 0.3) is 0 Å². The number of thiocarbonyl (C=S) groups is 1. The van der Waals surface area contributed by atoms with E-state index in [-0.39, 0.29) is 0 Å². The topological polar surface area (TPSA) is 18.5 Å². The molecule has 4 aliphatic rings. The highest BCUT2D eigenvalue weighted by Crippen LogP contribution is 2.45. The van der Waals surface area contributed by atoms with Gasteiger partial charge in [0, 0.05) is 24.8 Å². The van der Waals surface area contributed by atoms with Gasteiger partial charge in [-0.3, -0.25) is 4.90 Å². The van der Waals surface area contributed by atoms with Crippen molar-refractivity contribution in [2.24, 2.45) is 11.8 Å². The highest BCUT2D eigenvalue weighted by atomic mass is 32.1. The third-order valence-corrected chi connectivity index (χ3v) is 7.28. The number of nitrogens with one attached hydrogen (secondary N) is 1. The summed E-state index contributed by atoms with van der Waals surface area (Å²) in [5.41, 5.74) is 2.78. The molecule has 0 spiro atoms. The number of fused-ring (bicyclic) bond motifs is 6. The van der Waals surface area contributed by atoms with E-state index in [1.165, 1.54) is 51.6 Å². The lowest BCUT2D eigenvalue weighted by Crippen LogP contribution is -2.60. The first kappa shape index (κ1) is 16.8. The minimum absolute atomic E-state index is 0.520. The standard InChI is InChI=1S/C22H29N3S/c26-22(23-19-8-2-1-3-9-19)25-12-6-7-16-13-17-14-18(21(16)25)15-24-11-5-4-10-20(17)24/h1-3,8-9,13,17-18,20-21H,4-7,10-12,14-15H2,(H,23,26)/t17?,18?,20-,21-/m1/s1. The maximum atomic E-state index is 5.86. The molecule has 3 fully saturated rings. The number of benzene rings is 1. The summed E-state index contributed by atoms with van der Waals surface area (Å²) in [5, 5.41) is 4.40. The number of piperidine rings is 3. The molecule has 0 aromatic heterocycles. The Morgan fingerprint density at radius 3 is 2.85 bits per heavy atom. The Bertz CT molecular complexity index is 701. The zero-order valence-electron chi connectivity index (χ0n) is 15.4. The molecular weight excluding hydrogens is 338 g/mol. The maximum Gasteiger partial charge on any atom is 0.173 e. The van der Waals surface area contributed by atoms with Gasteiger partial charge in [-0.2, -0.15) is 0 Å². The fraction of sp³-hybridized carbons (Fsp3) is 0.591. The van der Waals surface area contributed by atoms with Crippen LogP contribution in [0.3, 0.4) is 0 Å². The van der Waals surface area contributed by atoms with Crippen LogP contribution >= 0.6 is 12.2 Å². The molecule has 5 rings (SSSR count). The second kappa shape index (κ2) is 6.97. The number of hydrogen-bond donors (Lipinski definition) is 1. The van der Waals surface area contributed by atoms with Crippen molar-refractivity contribution in [3.63, 3.8) is 0 Å². The van der Waals surface area contributed by atoms with Gasteiger partial charge in [0.15, 0.2) is 5.11 Å². The summed E-state index contributed by atoms with van der Waals surface area (Å²) in [4.78, 5) is 5.30. The Morgan fingerprint density at radius 1 is 1.08 bits per heavy atom. The van der Waals surface area contributed by atoms with E-state index in [1.807, 2.05) is 6.07 Å². The van der Waals surface area contributed by atoms with Crippen LogP contribution in [0.15, 0.2) is 42.0 Å². The molecule has 26 heavy (non-hydrogen) atoms. The molecule has 3 aliphatic heterocycles. The van der Waals surface area contributed by atoms with Crippen LogP contribution in [0.2, 0.25) is 0 Å². The molecule has 1 aliphatic carbocycles. The molecular formula is C22H29N3S. The number of rotatable bonds is 1. The SMILES string of the molecule is S=C(Nc1ccccc1)N1CCCC2=CC3CC(CN4CCCC[C@H]34)[C@@H]21. The van der Waals surface area contributed by atoms with Gasteiger partial charge in [0.1, 0.15) is 0 Å². The van der Waals surface area contributed by atoms with Crippen LogP contribution in [0.5, 0.6) is 0 Å². The van der Waals surface area contributed by atoms with Gasteiger partial charge in [-0.05, 0) is 74.8 Å². The highest BCUT2D eigenvalue weighted by Gasteiger charge is 2.46. The van der Waals surface area contributed by atoms with Crippen molar-refractivity contribution in [1.82, 2.24) is 9.80 Å². The van der Waals surface area contributed by atoms with Gasteiger partial charge < -0.3 is 10.2 Å². The fourth-order valence-corrected chi connectivity index (χ4v) is 6.24. The Morgan fingerprint density at radius 2 is 1.96 bits per heavy atom. The summed E-state index contributed by atoms with van der Waals surface area (Å²) in [7, 11) is 0. The summed E-state index contributed by atoms with van der Waals surface area (Å²) >= 11 is 5.86. The molecule has 3 heterocycles. The molecule has 4 heteroatoms. The van der Waals surface area contributed by atoms with Gasteiger partial charge in [-0.1, -0.05) is 36.3 Å². The van der Waals surface area contributed by atoms with Crippen LogP contribution in [0, 0.1) is 11.8 Å². The lowest BCUT2D eigenvalue weighted by atomic mass is 9.68. The molecule has 4 atom stereocenters. The van der Waals surface area contributed by atoms with Crippen molar-refractivity contribution in [3.8, 4) is 0 Å². The minimum Gasteiger partial charge on any atom is -0.342 e. The Kier molecular flexibility index (Phi) is 4.49. The van der Waals surface area contributed by atoms with Gasteiger partial charge in [-0.15, -0.1) is 0 Å². The molecule has 0 saturated carbocycles. The third kappa shape index (κ3) is 2.97. The van der Waals surface area contributed by atoms with Crippen molar-refractivity contribution < 1.29 is 0 Å². The van der Waals surface area contributed by atoms with E-state index in [4.69, 9.17) is 12.2 Å². The van der Waals surface area contributed by atoms with E-state index < -0.39 is 0 Å². The van der Waals surface area contributed by atoms with Gasteiger partial charge in [-0.25, -0.2) is 0 Å². The van der Waals surface area contributed by atoms with Crippen LogP contribution in [-0.2, 0) is 0 Å². The molecule has 0 amide bonds. The third-order valence-electron chi connectivity index (χ3n) is 6.94. The summed E-state index contributed by atoms with van der Waals surface area (Å²) in [6.45, 7) is 3.67. The molecule has 2 bridgehead atoms. The molecule has 0 radical (unpaired) electrons. The summed E-state index contributed by atoms with van der Waals surface area (Å²) in [5.74, 6) is 1.53. The Labute approximate surface area is 162 Å². The van der Waals surface area contributed by atoms with Gasteiger partial charge >= 0.3 is 0 Å². The van der Waals surface area contributed by atoms with Crippen molar-refractivity contribution in [3.05, 3.63) is 42.0 Å². The van der Waals surface area contributed by atoms with Crippen molar-refractivity contribution >= 4 is 23.0 Å². The van der Waals surface area contributed by atoms with Crippen LogP contribution in [0.4, 0.5) is 5.69 Å². The van der Waals surface area contributed by atoms with E-state index in [2.05, 4.69) is 45.5 Å². The number of hydrogen-bond acceptors (Lipinski definition) is 2. The van der Waals surface area contributed by atoms with Gasteiger partial charge in [0.05, 0.1) is 6.04 Å². The van der Waals surface area contributed by atoms with Crippen LogP contribution < -0.4 is 5.32 Å². The average molecular weight is 368 g/mol. The minimum atomic E-state index is 0.520. The molecule has 3 saturated heterocycles. The average Bonchev–Trinajstić information content (AvgIpc) is 2.68. The predicted octanol–water partition coefficient (Wildman–Crippen LogP) is 4.28. The lowest BCUT2D eigenvalue weighted by Gasteiger charge is -2.55. The Hall–Kier alpha value is -1.39. The van der Waals surface area contributed by atoms with Crippen LogP contribution in [-0.4, -0.2) is 46.6 Å². The van der Waals surface area contributed by atoms with Crippen LogP contribution in [0.1, 0.15) is 38.5 Å². The molecule has 3 nitrogen and oxygen atoms in total. The number of nitrogens with zero attached hydrogens (tertiary/aromatic N) is 2. The number of likely N-dealkylation sites (tertiary alicyclic amines) is 1. The molecule has 1 N–H and O–H groups in total. The van der Waals surface area contributed by atoms with E-state index in [1.54, 1.807) is 5.57 Å². The van der Waals surface area contributed by atoms with Crippen molar-refractivity contribution in [2.75, 3.05) is 25.0 Å². The number of para-hydroxylation sites is 1. The molecule has 1 aromatic rings. The smallest absolute Gasteiger partial charge is 0.173 e. The molecule has 1 aromatic carbocycles. The maximum absolute atomic E-state index is 5.86. The van der Waals surface area contributed by atoms with Crippen molar-refractivity contribution in [1.29, 1.82) is 0 Å². The lowest BCUT2D eigenvalue weighted by molar-refractivity contribution is 0.0132. The summed E-state index contributed by atoms with van der Waals surface area (Å²) < 4.78 is 0. The zero-order chi connectivity index (χ0) is 17.5. The number of anilines is 1. The first-order chi connectivity index (χ1) is 12.8. The second-order valence-electron chi connectivity index (χ2n) is 8.50. The zero-order valence-corrected chi connectivity index (χ0v) is 16.3. The quantitative estimate of drug-likeness (QED) is 0.590. The van der Waals surface area contributed by atoms with Crippen LogP contribution in [0.25, 0.3) is 0 Å². The first-order valence-corrected chi connectivity index (χ1v) is 10.8. The largest absolute Gasteiger partial charge is 0.342 e. The normalized spacial score (nSPS) is 33.7. The summed E-state index contributed by atoms with van der Waals surface area (Å²) in [6.07, 6.45) is 10.7. The monoisotopic (exact) mass is 367 g/mol. The first-order valence-electron chi connectivity index (χ1n) is 10.4. The van der Waals surface area contributed by atoms with E-state index >= 15 is 0 Å². The fourth-order valence-electron chi connectivity index (χ4n) is 5.92.